The molecule has 130 valence electrons. The normalized spacial score (nSPS) is 11.4. The van der Waals surface area contributed by atoms with E-state index < -0.39 is 25.9 Å². The van der Waals surface area contributed by atoms with Gasteiger partial charge in [0.2, 0.25) is 5.91 Å². The number of nitrogens with zero attached hydrogens (tertiary/aromatic N) is 1. The molecule has 0 aliphatic carbocycles. The summed E-state index contributed by atoms with van der Waals surface area (Å²) in [5.41, 5.74) is 1.26. The number of anilines is 1. The number of carbonyl (C=O) groups excluding carboxylic acids is 1. The summed E-state index contributed by atoms with van der Waals surface area (Å²) in [4.78, 5) is 21.5. The maximum atomic E-state index is 12.9. The number of nitro benzene ring substituents is 1. The summed E-state index contributed by atoms with van der Waals surface area (Å²) in [5, 5.41) is 13.1. The SMILES string of the molecule is Cc1cc(S(=O)(=O)F)ccc1NC(=O)/C=C/c1ccc([N+](=O)[O-])cc1. The fourth-order valence-corrected chi connectivity index (χ4v) is 2.53. The standard InChI is InChI=1S/C16H13FN2O5S/c1-11-10-14(25(17,23)24)7-8-15(11)18-16(20)9-4-12-2-5-13(6-3-12)19(21)22/h2-10H,1H3,(H,18,20)/b9-4+. The molecular formula is C16H13FN2O5S. The van der Waals surface area contributed by atoms with Gasteiger partial charge in [0.1, 0.15) is 0 Å². The summed E-state index contributed by atoms with van der Waals surface area (Å²) in [7, 11) is -4.80. The van der Waals surface area contributed by atoms with Crippen LogP contribution in [0.3, 0.4) is 0 Å². The number of aryl methyl sites for hydroxylation is 1. The van der Waals surface area contributed by atoms with Gasteiger partial charge in [0.15, 0.2) is 0 Å². The van der Waals surface area contributed by atoms with E-state index in [2.05, 4.69) is 5.32 Å². The van der Waals surface area contributed by atoms with Gasteiger partial charge in [-0.25, -0.2) is 0 Å². The molecule has 9 heteroatoms. The van der Waals surface area contributed by atoms with Gasteiger partial charge in [-0.05, 0) is 54.5 Å². The largest absolute Gasteiger partial charge is 0.332 e. The van der Waals surface area contributed by atoms with Crippen LogP contribution in [0.1, 0.15) is 11.1 Å². The van der Waals surface area contributed by atoms with Gasteiger partial charge in [-0.1, -0.05) is 0 Å². The van der Waals surface area contributed by atoms with E-state index in [0.29, 0.717) is 16.8 Å². The number of halogens is 1. The summed E-state index contributed by atoms with van der Waals surface area (Å²) in [5.74, 6) is -0.489. The number of hydrogen-bond donors (Lipinski definition) is 1. The Balaban J connectivity index is 2.08. The highest BCUT2D eigenvalue weighted by atomic mass is 32.3. The minimum absolute atomic E-state index is 0.0554. The van der Waals surface area contributed by atoms with E-state index in [4.69, 9.17) is 0 Å². The number of hydrogen-bond acceptors (Lipinski definition) is 5. The molecule has 0 bridgehead atoms. The quantitative estimate of drug-likeness (QED) is 0.379. The van der Waals surface area contributed by atoms with E-state index in [-0.39, 0.29) is 5.69 Å². The third kappa shape index (κ3) is 4.95. The van der Waals surface area contributed by atoms with Gasteiger partial charge in [0, 0.05) is 23.9 Å². The molecule has 2 aromatic rings. The van der Waals surface area contributed by atoms with Crippen molar-refractivity contribution in [2.45, 2.75) is 11.8 Å². The van der Waals surface area contributed by atoms with Crippen LogP contribution in [0.15, 0.2) is 53.4 Å². The molecule has 0 saturated heterocycles. The second-order valence-electron chi connectivity index (χ2n) is 5.09. The van der Waals surface area contributed by atoms with Crippen LogP contribution in [0.4, 0.5) is 15.3 Å². The zero-order valence-electron chi connectivity index (χ0n) is 13.0. The first-order valence-corrected chi connectivity index (χ1v) is 8.34. The molecule has 0 radical (unpaired) electrons. The van der Waals surface area contributed by atoms with Crippen molar-refractivity contribution in [2.75, 3.05) is 5.32 Å². The Morgan fingerprint density at radius 3 is 2.36 bits per heavy atom. The van der Waals surface area contributed by atoms with Gasteiger partial charge in [0.05, 0.1) is 9.82 Å². The van der Waals surface area contributed by atoms with Crippen LogP contribution in [0.2, 0.25) is 0 Å². The molecule has 0 atom stereocenters. The predicted octanol–water partition coefficient (Wildman–Crippen LogP) is 3.21. The Morgan fingerprint density at radius 1 is 1.20 bits per heavy atom. The van der Waals surface area contributed by atoms with Gasteiger partial charge < -0.3 is 5.32 Å². The molecule has 2 rings (SSSR count). The molecule has 2 aromatic carbocycles. The Hall–Kier alpha value is -3.07. The van der Waals surface area contributed by atoms with Crippen molar-refractivity contribution in [3.8, 4) is 0 Å². The zero-order valence-corrected chi connectivity index (χ0v) is 13.8. The lowest BCUT2D eigenvalue weighted by atomic mass is 10.2. The van der Waals surface area contributed by atoms with E-state index in [1.54, 1.807) is 0 Å². The lowest BCUT2D eigenvalue weighted by molar-refractivity contribution is -0.384. The Labute approximate surface area is 143 Å². The maximum Gasteiger partial charge on any atom is 0.332 e. The number of benzene rings is 2. The number of rotatable bonds is 5. The van der Waals surface area contributed by atoms with Gasteiger partial charge in [-0.2, -0.15) is 8.42 Å². The highest BCUT2D eigenvalue weighted by molar-refractivity contribution is 7.86. The summed E-state index contributed by atoms with van der Waals surface area (Å²) in [6.07, 6.45) is 2.69. The molecule has 0 aromatic heterocycles. The van der Waals surface area contributed by atoms with Gasteiger partial charge in [-0.3, -0.25) is 14.9 Å². The lowest BCUT2D eigenvalue weighted by Crippen LogP contribution is -2.09. The number of nitrogens with one attached hydrogen (secondary N) is 1. The molecule has 1 amide bonds. The minimum atomic E-state index is -4.80. The average molecular weight is 364 g/mol. The summed E-state index contributed by atoms with van der Waals surface area (Å²) < 4.78 is 34.6. The van der Waals surface area contributed by atoms with Crippen molar-refractivity contribution >= 4 is 33.6 Å². The molecule has 0 saturated carbocycles. The monoisotopic (exact) mass is 364 g/mol. The highest BCUT2D eigenvalue weighted by Crippen LogP contribution is 2.21. The number of amides is 1. The first-order valence-electron chi connectivity index (χ1n) is 6.95. The number of non-ortho nitro benzene ring substituents is 1. The first-order chi connectivity index (χ1) is 11.7. The Bertz CT molecular complexity index is 953. The van der Waals surface area contributed by atoms with Crippen LogP contribution in [0, 0.1) is 17.0 Å². The van der Waals surface area contributed by atoms with E-state index >= 15 is 0 Å². The van der Waals surface area contributed by atoms with Crippen LogP contribution in [-0.4, -0.2) is 19.2 Å². The molecule has 0 unspecified atom stereocenters. The van der Waals surface area contributed by atoms with Crippen molar-refractivity contribution in [3.05, 3.63) is 69.8 Å². The van der Waals surface area contributed by atoms with Gasteiger partial charge in [-0.15, -0.1) is 3.89 Å². The molecule has 1 N–H and O–H groups in total. The van der Waals surface area contributed by atoms with Crippen LogP contribution >= 0.6 is 0 Å². The van der Waals surface area contributed by atoms with Crippen LogP contribution in [0.25, 0.3) is 6.08 Å². The second-order valence-corrected chi connectivity index (χ2v) is 6.43. The Morgan fingerprint density at radius 2 is 1.84 bits per heavy atom. The highest BCUT2D eigenvalue weighted by Gasteiger charge is 2.13. The van der Waals surface area contributed by atoms with E-state index in [1.807, 2.05) is 0 Å². The molecular weight excluding hydrogens is 351 g/mol. The lowest BCUT2D eigenvalue weighted by Gasteiger charge is -2.07. The molecule has 0 spiro atoms. The van der Waals surface area contributed by atoms with Crippen LogP contribution < -0.4 is 5.32 Å². The molecule has 7 nitrogen and oxygen atoms in total. The molecule has 25 heavy (non-hydrogen) atoms. The van der Waals surface area contributed by atoms with Gasteiger partial charge in [0.25, 0.3) is 5.69 Å². The minimum Gasteiger partial charge on any atom is -0.322 e. The van der Waals surface area contributed by atoms with E-state index in [1.165, 1.54) is 49.4 Å². The van der Waals surface area contributed by atoms with Crippen molar-refractivity contribution in [1.82, 2.24) is 0 Å². The molecule has 0 aliphatic heterocycles. The number of carbonyl (C=O) groups is 1. The summed E-state index contributed by atoms with van der Waals surface area (Å²) in [6.45, 7) is 1.53. The average Bonchev–Trinajstić information content (AvgIpc) is 2.54. The number of nitro groups is 1. The topological polar surface area (TPSA) is 106 Å². The fourth-order valence-electron chi connectivity index (χ4n) is 1.98. The Kier molecular flexibility index (Phi) is 5.28. The van der Waals surface area contributed by atoms with Crippen molar-refractivity contribution in [1.29, 1.82) is 0 Å². The third-order valence-corrected chi connectivity index (χ3v) is 4.09. The van der Waals surface area contributed by atoms with Crippen molar-refractivity contribution in [2.24, 2.45) is 0 Å². The summed E-state index contributed by atoms with van der Waals surface area (Å²) in [6, 6.07) is 9.08. The third-order valence-electron chi connectivity index (χ3n) is 3.27. The van der Waals surface area contributed by atoms with E-state index in [0.717, 1.165) is 12.1 Å². The van der Waals surface area contributed by atoms with Crippen LogP contribution in [-0.2, 0) is 15.0 Å². The molecule has 0 fully saturated rings. The first kappa shape index (κ1) is 18.3. The second kappa shape index (κ2) is 7.22. The predicted molar refractivity (Wildman–Crippen MR) is 90.2 cm³/mol. The smallest absolute Gasteiger partial charge is 0.322 e. The summed E-state index contributed by atoms with van der Waals surface area (Å²) >= 11 is 0. The van der Waals surface area contributed by atoms with Crippen molar-refractivity contribution in [3.63, 3.8) is 0 Å². The zero-order chi connectivity index (χ0) is 18.6. The molecule has 0 aliphatic rings. The van der Waals surface area contributed by atoms with Gasteiger partial charge >= 0.3 is 10.2 Å². The van der Waals surface area contributed by atoms with Crippen LogP contribution in [0.5, 0.6) is 0 Å². The van der Waals surface area contributed by atoms with Crippen molar-refractivity contribution < 1.29 is 22.0 Å². The fraction of sp³-hybridized carbons (Fsp3) is 0.0625. The molecule has 0 heterocycles. The maximum absolute atomic E-state index is 12.9. The van der Waals surface area contributed by atoms with E-state index in [9.17, 15) is 27.2 Å².